The molecule has 1 amide bonds. The Labute approximate surface area is 134 Å². The molecule has 120 valence electrons. The molecular formula is C18H19NO4. The average Bonchev–Trinajstić information content (AvgIpc) is 3.21. The summed E-state index contributed by atoms with van der Waals surface area (Å²) in [5.74, 6) is -1.31. The van der Waals surface area contributed by atoms with E-state index in [0.29, 0.717) is 13.1 Å². The molecule has 2 saturated heterocycles. The molecule has 0 N–H and O–H groups in total. The standard InChI is InChI=1S/C18H19NO4/c1-22-17(21)14-13-7-9-18(23-13)11-19(16(20)15(14)18)10-8-12-5-3-2-4-6-12/h2-7,9,13-15H,8,10-11H2,1H3/t13-,14+,15-,18-/m0/s1. The van der Waals surface area contributed by atoms with Crippen molar-refractivity contribution in [2.45, 2.75) is 18.1 Å². The lowest BCUT2D eigenvalue weighted by molar-refractivity contribution is -0.151. The Bertz CT molecular complexity index is 671. The number of rotatable bonds is 4. The summed E-state index contributed by atoms with van der Waals surface area (Å²) in [7, 11) is 1.36. The normalized spacial score (nSPS) is 34.0. The maximum Gasteiger partial charge on any atom is 0.312 e. The van der Waals surface area contributed by atoms with Gasteiger partial charge in [0.1, 0.15) is 11.5 Å². The van der Waals surface area contributed by atoms with Gasteiger partial charge >= 0.3 is 5.97 Å². The van der Waals surface area contributed by atoms with Crippen LogP contribution >= 0.6 is 0 Å². The molecule has 4 rings (SSSR count). The molecule has 0 aliphatic carbocycles. The first kappa shape index (κ1) is 14.5. The molecule has 1 spiro atoms. The predicted molar refractivity (Wildman–Crippen MR) is 82.5 cm³/mol. The van der Waals surface area contributed by atoms with E-state index in [4.69, 9.17) is 9.47 Å². The van der Waals surface area contributed by atoms with Crippen molar-refractivity contribution in [3.63, 3.8) is 0 Å². The molecule has 0 radical (unpaired) electrons. The zero-order valence-corrected chi connectivity index (χ0v) is 13.0. The average molecular weight is 313 g/mol. The SMILES string of the molecule is COC(=O)[C@@H]1[C@@H]2C=C[C@@]3(CN(CCc4ccccc4)C(=O)[C@H]13)O2. The van der Waals surface area contributed by atoms with Gasteiger partial charge in [0.15, 0.2) is 0 Å². The van der Waals surface area contributed by atoms with E-state index in [1.165, 1.54) is 12.7 Å². The summed E-state index contributed by atoms with van der Waals surface area (Å²) < 4.78 is 10.9. The summed E-state index contributed by atoms with van der Waals surface area (Å²) in [6, 6.07) is 10.1. The van der Waals surface area contributed by atoms with Gasteiger partial charge in [-0.1, -0.05) is 42.5 Å². The van der Waals surface area contributed by atoms with Crippen LogP contribution in [0.25, 0.3) is 0 Å². The monoisotopic (exact) mass is 313 g/mol. The molecule has 2 fully saturated rings. The van der Waals surface area contributed by atoms with Gasteiger partial charge in [-0.3, -0.25) is 9.59 Å². The third-order valence-electron chi connectivity index (χ3n) is 5.17. The lowest BCUT2D eigenvalue weighted by Crippen LogP contribution is -2.39. The van der Waals surface area contributed by atoms with Gasteiger partial charge < -0.3 is 14.4 Å². The van der Waals surface area contributed by atoms with Crippen LogP contribution in [0.15, 0.2) is 42.5 Å². The molecule has 4 atom stereocenters. The molecular weight excluding hydrogens is 294 g/mol. The number of hydrogen-bond acceptors (Lipinski definition) is 4. The number of methoxy groups -OCH3 is 1. The number of amides is 1. The topological polar surface area (TPSA) is 55.8 Å². The van der Waals surface area contributed by atoms with Crippen LogP contribution in [0.3, 0.4) is 0 Å². The molecule has 3 aliphatic heterocycles. The Hall–Kier alpha value is -2.14. The third kappa shape index (κ3) is 2.10. The summed E-state index contributed by atoms with van der Waals surface area (Å²) in [5.41, 5.74) is 0.553. The van der Waals surface area contributed by atoms with E-state index in [1.807, 2.05) is 35.3 Å². The van der Waals surface area contributed by atoms with Crippen molar-refractivity contribution in [2.24, 2.45) is 11.8 Å². The second kappa shape index (κ2) is 5.20. The van der Waals surface area contributed by atoms with Crippen molar-refractivity contribution in [1.82, 2.24) is 4.90 Å². The summed E-state index contributed by atoms with van der Waals surface area (Å²) >= 11 is 0. The second-order valence-corrected chi connectivity index (χ2v) is 6.42. The Morgan fingerprint density at radius 3 is 2.91 bits per heavy atom. The van der Waals surface area contributed by atoms with Crippen molar-refractivity contribution in [2.75, 3.05) is 20.2 Å². The quantitative estimate of drug-likeness (QED) is 0.619. The van der Waals surface area contributed by atoms with Crippen LogP contribution in [0, 0.1) is 11.8 Å². The first-order valence-electron chi connectivity index (χ1n) is 7.92. The van der Waals surface area contributed by atoms with Gasteiger partial charge in [-0.05, 0) is 12.0 Å². The van der Waals surface area contributed by atoms with Crippen molar-refractivity contribution in [3.05, 3.63) is 48.0 Å². The minimum atomic E-state index is -0.642. The zero-order valence-electron chi connectivity index (χ0n) is 13.0. The van der Waals surface area contributed by atoms with Crippen LogP contribution in [0.2, 0.25) is 0 Å². The number of fused-ring (bicyclic) bond motifs is 1. The fraction of sp³-hybridized carbons (Fsp3) is 0.444. The molecule has 1 aromatic rings. The molecule has 5 heteroatoms. The van der Waals surface area contributed by atoms with Gasteiger partial charge in [-0.15, -0.1) is 0 Å². The van der Waals surface area contributed by atoms with E-state index < -0.39 is 17.4 Å². The summed E-state index contributed by atoms with van der Waals surface area (Å²) in [6.45, 7) is 1.15. The number of ether oxygens (including phenoxy) is 2. The number of benzene rings is 1. The first-order chi connectivity index (χ1) is 11.1. The third-order valence-corrected chi connectivity index (χ3v) is 5.17. The van der Waals surface area contributed by atoms with Crippen LogP contribution in [0.1, 0.15) is 5.56 Å². The fourth-order valence-corrected chi connectivity index (χ4v) is 4.08. The lowest BCUT2D eigenvalue weighted by Gasteiger charge is -2.22. The minimum absolute atomic E-state index is 0.00295. The molecule has 0 aromatic heterocycles. The number of nitrogens with zero attached hydrogens (tertiary/aromatic N) is 1. The van der Waals surface area contributed by atoms with Gasteiger partial charge in [0, 0.05) is 6.54 Å². The zero-order chi connectivity index (χ0) is 16.0. The lowest BCUT2D eigenvalue weighted by atomic mass is 9.77. The summed E-state index contributed by atoms with van der Waals surface area (Å²) in [6.07, 6.45) is 4.33. The maximum atomic E-state index is 12.8. The van der Waals surface area contributed by atoms with Crippen molar-refractivity contribution < 1.29 is 19.1 Å². The Morgan fingerprint density at radius 1 is 1.39 bits per heavy atom. The first-order valence-corrected chi connectivity index (χ1v) is 7.92. The van der Waals surface area contributed by atoms with E-state index in [0.717, 1.165) is 6.42 Å². The van der Waals surface area contributed by atoms with Crippen LogP contribution in [-0.4, -0.2) is 48.7 Å². The van der Waals surface area contributed by atoms with Gasteiger partial charge in [0.2, 0.25) is 5.91 Å². The summed E-state index contributed by atoms with van der Waals surface area (Å²) in [4.78, 5) is 26.7. The molecule has 0 saturated carbocycles. The molecule has 1 aromatic carbocycles. The van der Waals surface area contributed by atoms with Crippen LogP contribution in [0.4, 0.5) is 0 Å². The highest BCUT2D eigenvalue weighted by molar-refractivity contribution is 5.91. The van der Waals surface area contributed by atoms with Crippen LogP contribution in [-0.2, 0) is 25.5 Å². The highest BCUT2D eigenvalue weighted by Crippen LogP contribution is 2.52. The highest BCUT2D eigenvalue weighted by atomic mass is 16.5. The Balaban J connectivity index is 1.52. The van der Waals surface area contributed by atoms with Crippen molar-refractivity contribution in [3.8, 4) is 0 Å². The van der Waals surface area contributed by atoms with Crippen LogP contribution in [0.5, 0.6) is 0 Å². The predicted octanol–water partition coefficient (Wildman–Crippen LogP) is 1.18. The molecule has 3 aliphatic rings. The second-order valence-electron chi connectivity index (χ2n) is 6.42. The van der Waals surface area contributed by atoms with Crippen molar-refractivity contribution >= 4 is 11.9 Å². The van der Waals surface area contributed by atoms with E-state index in [-0.39, 0.29) is 18.0 Å². The number of carbonyl (C=O) groups is 2. The van der Waals surface area contributed by atoms with Crippen LogP contribution < -0.4 is 0 Å². The Morgan fingerprint density at radius 2 is 2.17 bits per heavy atom. The van der Waals surface area contributed by atoms with Gasteiger partial charge in [-0.2, -0.15) is 0 Å². The molecule has 23 heavy (non-hydrogen) atoms. The number of likely N-dealkylation sites (tertiary alicyclic amines) is 1. The van der Waals surface area contributed by atoms with Gasteiger partial charge in [0.25, 0.3) is 0 Å². The van der Waals surface area contributed by atoms with Gasteiger partial charge in [0.05, 0.1) is 25.7 Å². The van der Waals surface area contributed by atoms with Crippen molar-refractivity contribution in [1.29, 1.82) is 0 Å². The smallest absolute Gasteiger partial charge is 0.312 e. The Kier molecular flexibility index (Phi) is 3.27. The number of carbonyl (C=O) groups excluding carboxylic acids is 2. The van der Waals surface area contributed by atoms with Gasteiger partial charge in [-0.25, -0.2) is 0 Å². The minimum Gasteiger partial charge on any atom is -0.469 e. The highest BCUT2D eigenvalue weighted by Gasteiger charge is 2.67. The molecule has 3 heterocycles. The van der Waals surface area contributed by atoms with E-state index in [1.54, 1.807) is 0 Å². The van der Waals surface area contributed by atoms with E-state index in [9.17, 15) is 9.59 Å². The number of hydrogen-bond donors (Lipinski definition) is 0. The number of esters is 1. The summed E-state index contributed by atoms with van der Waals surface area (Å²) in [5, 5.41) is 0. The largest absolute Gasteiger partial charge is 0.469 e. The molecule has 5 nitrogen and oxygen atoms in total. The van der Waals surface area contributed by atoms with E-state index >= 15 is 0 Å². The van der Waals surface area contributed by atoms with E-state index in [2.05, 4.69) is 12.1 Å². The maximum absolute atomic E-state index is 12.8. The molecule has 2 bridgehead atoms. The fourth-order valence-electron chi connectivity index (χ4n) is 4.08. The molecule has 0 unspecified atom stereocenters.